The highest BCUT2D eigenvalue weighted by Gasteiger charge is 2.18. The molecule has 0 unspecified atom stereocenters. The van der Waals surface area contributed by atoms with Crippen molar-refractivity contribution >= 4 is 65.0 Å². The molecule has 0 bridgehead atoms. The second-order valence-electron chi connectivity index (χ2n) is 14.1. The Balaban J connectivity index is 1.12. The molecule has 250 valence electrons. The molecule has 54 heavy (non-hydrogen) atoms. The Morgan fingerprint density at radius 1 is 0.259 bits per heavy atom. The third-order valence-corrected chi connectivity index (χ3v) is 11.0. The Morgan fingerprint density at radius 2 is 0.796 bits per heavy atom. The fraction of sp³-hybridized carbons (Fsp3) is 0. The van der Waals surface area contributed by atoms with E-state index in [0.29, 0.717) is 0 Å². The second kappa shape index (κ2) is 12.2. The van der Waals surface area contributed by atoms with Gasteiger partial charge in [-0.3, -0.25) is 0 Å². The average Bonchev–Trinajstić information content (AvgIpc) is 3.24. The van der Waals surface area contributed by atoms with Crippen LogP contribution in [0.25, 0.3) is 110 Å². The minimum Gasteiger partial charge on any atom is -0.245 e. The molecule has 0 fully saturated rings. The molecule has 0 radical (unpaired) electrons. The molecule has 0 saturated carbocycles. The molecule has 11 rings (SSSR count). The van der Waals surface area contributed by atoms with Gasteiger partial charge < -0.3 is 0 Å². The van der Waals surface area contributed by atoms with E-state index in [1.54, 1.807) is 0 Å². The zero-order valence-electron chi connectivity index (χ0n) is 29.4. The van der Waals surface area contributed by atoms with E-state index in [9.17, 15) is 0 Å². The maximum absolute atomic E-state index is 5.39. The van der Waals surface area contributed by atoms with Crippen LogP contribution in [0.15, 0.2) is 194 Å². The largest absolute Gasteiger partial charge is 0.245 e. The minimum absolute atomic E-state index is 0.911. The van der Waals surface area contributed by atoms with Crippen molar-refractivity contribution in [2.75, 3.05) is 0 Å². The van der Waals surface area contributed by atoms with Crippen LogP contribution >= 0.6 is 0 Å². The first-order valence-corrected chi connectivity index (χ1v) is 18.5. The van der Waals surface area contributed by atoms with Crippen LogP contribution in [0, 0.1) is 0 Å². The molecule has 9 aromatic carbocycles. The molecule has 0 aliphatic rings. The fourth-order valence-corrected chi connectivity index (χ4v) is 8.54. The lowest BCUT2D eigenvalue weighted by molar-refractivity contribution is 1.39. The zero-order chi connectivity index (χ0) is 35.6. The Labute approximate surface area is 312 Å². The molecule has 11 aromatic rings. The molecule has 0 saturated heterocycles. The van der Waals surface area contributed by atoms with Crippen LogP contribution in [-0.2, 0) is 0 Å². The molecule has 0 atom stereocenters. The molecule has 2 heteroatoms. The summed E-state index contributed by atoms with van der Waals surface area (Å²) in [6.07, 6.45) is 0. The highest BCUT2D eigenvalue weighted by molar-refractivity contribution is 6.22. The Bertz CT molecular complexity index is 3210. The molecule has 2 aromatic heterocycles. The van der Waals surface area contributed by atoms with E-state index < -0.39 is 0 Å². The van der Waals surface area contributed by atoms with Gasteiger partial charge in [0.1, 0.15) is 0 Å². The van der Waals surface area contributed by atoms with Gasteiger partial charge in [0.2, 0.25) is 0 Å². The van der Waals surface area contributed by atoms with Crippen LogP contribution in [0.3, 0.4) is 0 Å². The first-order valence-electron chi connectivity index (χ1n) is 18.5. The first kappa shape index (κ1) is 30.5. The summed E-state index contributed by atoms with van der Waals surface area (Å²) >= 11 is 0. The number of nitrogens with zero attached hydrogens (tertiary/aromatic N) is 2. The summed E-state index contributed by atoms with van der Waals surface area (Å²) in [6, 6.07) is 69.8. The van der Waals surface area contributed by atoms with Gasteiger partial charge in [-0.1, -0.05) is 170 Å². The van der Waals surface area contributed by atoms with E-state index >= 15 is 0 Å². The third kappa shape index (κ3) is 4.81. The molecular weight excluding hydrogens is 653 g/mol. The predicted molar refractivity (Wildman–Crippen MR) is 229 cm³/mol. The summed E-state index contributed by atoms with van der Waals surface area (Å²) in [5.74, 6) is 0. The first-order chi connectivity index (χ1) is 26.8. The smallest absolute Gasteiger partial charge is 0.0978 e. The summed E-state index contributed by atoms with van der Waals surface area (Å²) in [5, 5.41) is 10.8. The van der Waals surface area contributed by atoms with E-state index in [1.807, 2.05) is 0 Å². The number of hydrogen-bond donors (Lipinski definition) is 0. The summed E-state index contributed by atoms with van der Waals surface area (Å²) in [6.45, 7) is 0. The van der Waals surface area contributed by atoms with Crippen LogP contribution in [0.5, 0.6) is 0 Å². The zero-order valence-corrected chi connectivity index (χ0v) is 29.4. The predicted octanol–water partition coefficient (Wildman–Crippen LogP) is 14.1. The SMILES string of the molecule is c1ccc(-c2c3ccccc3nc3c2ccc2ccc(-c4cccc(-c5c6ccccc6c(-c6ccc7ccccc7c6)c6ccccc56)c4)nc23)cc1. The highest BCUT2D eigenvalue weighted by Crippen LogP contribution is 2.45. The monoisotopic (exact) mass is 684 g/mol. The van der Waals surface area contributed by atoms with Crippen molar-refractivity contribution in [2.45, 2.75) is 0 Å². The number of pyridine rings is 2. The number of rotatable bonds is 4. The van der Waals surface area contributed by atoms with Gasteiger partial charge in [0.05, 0.1) is 22.2 Å². The normalized spacial score (nSPS) is 11.7. The lowest BCUT2D eigenvalue weighted by Crippen LogP contribution is -1.93. The van der Waals surface area contributed by atoms with Crippen LogP contribution in [0.1, 0.15) is 0 Å². The standard InChI is InChI=1S/C52H32N2/c1-2-14-34(15-3-1)48-44-23-10-11-24-47(44)54-52-45(48)29-27-35-28-30-46(53-51(35)52)37-17-12-18-38(32-37)49-40-19-6-8-21-42(40)50(43-22-9-7-20-41(43)49)39-26-25-33-13-4-5-16-36(33)31-39/h1-32H. The van der Waals surface area contributed by atoms with Gasteiger partial charge in [0.15, 0.2) is 0 Å². The van der Waals surface area contributed by atoms with Crippen molar-refractivity contribution in [3.8, 4) is 44.6 Å². The number of hydrogen-bond acceptors (Lipinski definition) is 2. The van der Waals surface area contributed by atoms with Crippen molar-refractivity contribution in [1.82, 2.24) is 9.97 Å². The number of fused-ring (bicyclic) bond motifs is 7. The molecule has 2 heterocycles. The molecule has 2 nitrogen and oxygen atoms in total. The molecule has 0 amide bonds. The van der Waals surface area contributed by atoms with E-state index in [0.717, 1.165) is 44.0 Å². The summed E-state index contributed by atoms with van der Waals surface area (Å²) in [5.41, 5.74) is 12.1. The van der Waals surface area contributed by atoms with Gasteiger partial charge in [0.25, 0.3) is 0 Å². The van der Waals surface area contributed by atoms with Gasteiger partial charge in [-0.05, 0) is 84.4 Å². The Hall–Kier alpha value is -7.16. The summed E-state index contributed by atoms with van der Waals surface area (Å²) in [4.78, 5) is 10.6. The number of benzene rings is 9. The maximum Gasteiger partial charge on any atom is 0.0978 e. The molecule has 0 aliphatic carbocycles. The summed E-state index contributed by atoms with van der Waals surface area (Å²) < 4.78 is 0. The minimum atomic E-state index is 0.911. The molecular formula is C52H32N2. The van der Waals surface area contributed by atoms with Crippen LogP contribution in [-0.4, -0.2) is 9.97 Å². The van der Waals surface area contributed by atoms with Crippen molar-refractivity contribution in [3.63, 3.8) is 0 Å². The van der Waals surface area contributed by atoms with Crippen LogP contribution < -0.4 is 0 Å². The van der Waals surface area contributed by atoms with E-state index in [-0.39, 0.29) is 0 Å². The van der Waals surface area contributed by atoms with Crippen molar-refractivity contribution in [3.05, 3.63) is 194 Å². The van der Waals surface area contributed by atoms with Gasteiger partial charge in [-0.2, -0.15) is 0 Å². The number of aromatic nitrogens is 2. The van der Waals surface area contributed by atoms with Crippen molar-refractivity contribution in [2.24, 2.45) is 0 Å². The maximum atomic E-state index is 5.39. The van der Waals surface area contributed by atoms with E-state index in [1.165, 1.54) is 65.7 Å². The molecule has 0 N–H and O–H groups in total. The quantitative estimate of drug-likeness (QED) is 0.136. The van der Waals surface area contributed by atoms with E-state index in [4.69, 9.17) is 9.97 Å². The van der Waals surface area contributed by atoms with Gasteiger partial charge in [-0.25, -0.2) is 9.97 Å². The lowest BCUT2D eigenvalue weighted by atomic mass is 9.85. The number of para-hydroxylation sites is 1. The van der Waals surface area contributed by atoms with Gasteiger partial charge in [-0.15, -0.1) is 0 Å². The van der Waals surface area contributed by atoms with E-state index in [2.05, 4.69) is 194 Å². The third-order valence-electron chi connectivity index (χ3n) is 11.0. The highest BCUT2D eigenvalue weighted by atomic mass is 14.8. The fourth-order valence-electron chi connectivity index (χ4n) is 8.54. The van der Waals surface area contributed by atoms with Gasteiger partial charge in [0, 0.05) is 27.3 Å². The second-order valence-corrected chi connectivity index (χ2v) is 14.1. The Morgan fingerprint density at radius 3 is 1.54 bits per heavy atom. The lowest BCUT2D eigenvalue weighted by Gasteiger charge is -2.18. The Kier molecular flexibility index (Phi) is 6.90. The molecule has 0 aliphatic heterocycles. The molecule has 0 spiro atoms. The van der Waals surface area contributed by atoms with Crippen LogP contribution in [0.4, 0.5) is 0 Å². The van der Waals surface area contributed by atoms with Crippen molar-refractivity contribution in [1.29, 1.82) is 0 Å². The van der Waals surface area contributed by atoms with Crippen LogP contribution in [0.2, 0.25) is 0 Å². The summed E-state index contributed by atoms with van der Waals surface area (Å²) in [7, 11) is 0. The topological polar surface area (TPSA) is 25.8 Å². The van der Waals surface area contributed by atoms with Gasteiger partial charge >= 0.3 is 0 Å². The van der Waals surface area contributed by atoms with Crippen molar-refractivity contribution < 1.29 is 0 Å². The average molecular weight is 685 g/mol.